The lowest BCUT2D eigenvalue weighted by atomic mass is 9.93. The Bertz CT molecular complexity index is 455. The average molecular weight is 256 g/mol. The van der Waals surface area contributed by atoms with Gasteiger partial charge in [-0.1, -0.05) is 32.1 Å². The van der Waals surface area contributed by atoms with Crippen LogP contribution in [0.5, 0.6) is 0 Å². The van der Waals surface area contributed by atoms with Crippen LogP contribution in [0.3, 0.4) is 0 Å². The van der Waals surface area contributed by atoms with Gasteiger partial charge in [0.25, 0.3) is 0 Å². The molecule has 0 amide bonds. The van der Waals surface area contributed by atoms with Crippen molar-refractivity contribution in [1.29, 1.82) is 0 Å². The number of hydrogen-bond donors (Lipinski definition) is 2. The Balaban J connectivity index is 3.32. The summed E-state index contributed by atoms with van der Waals surface area (Å²) in [5, 5.41) is 0.357. The summed E-state index contributed by atoms with van der Waals surface area (Å²) in [5.74, 6) is -0.571. The van der Waals surface area contributed by atoms with Crippen molar-refractivity contribution in [3.8, 4) is 0 Å². The topological polar surface area (TPSA) is 104 Å². The van der Waals surface area contributed by atoms with Gasteiger partial charge in [0.05, 0.1) is 7.11 Å². The van der Waals surface area contributed by atoms with E-state index in [9.17, 15) is 4.79 Å². The third kappa shape index (κ3) is 3.16. The molecule has 0 saturated carbocycles. The van der Waals surface area contributed by atoms with Crippen LogP contribution in [0.1, 0.15) is 36.1 Å². The summed E-state index contributed by atoms with van der Waals surface area (Å²) in [5.41, 5.74) is 10.6. The van der Waals surface area contributed by atoms with Crippen LogP contribution in [0.15, 0.2) is 4.99 Å². The largest absolute Gasteiger partial charge is 0.464 e. The quantitative estimate of drug-likeness (QED) is 0.469. The van der Waals surface area contributed by atoms with Crippen LogP contribution in [0.2, 0.25) is 0 Å². The van der Waals surface area contributed by atoms with Crippen molar-refractivity contribution in [3.05, 3.63) is 10.6 Å². The van der Waals surface area contributed by atoms with Gasteiger partial charge in [0.1, 0.15) is 0 Å². The maximum atomic E-state index is 11.6. The molecule has 1 heterocycles. The average Bonchev–Trinajstić information content (AvgIpc) is 2.59. The summed E-state index contributed by atoms with van der Waals surface area (Å²) in [6.45, 7) is 5.94. The second-order valence-corrected chi connectivity index (χ2v) is 5.43. The van der Waals surface area contributed by atoms with Crippen LogP contribution >= 0.6 is 11.3 Å². The third-order valence-electron chi connectivity index (χ3n) is 1.90. The van der Waals surface area contributed by atoms with Crippen LogP contribution in [0.25, 0.3) is 0 Å². The fourth-order valence-corrected chi connectivity index (χ4v) is 2.21. The fourth-order valence-electron chi connectivity index (χ4n) is 1.21. The molecule has 1 aromatic heterocycles. The predicted molar refractivity (Wildman–Crippen MR) is 67.6 cm³/mol. The zero-order valence-electron chi connectivity index (χ0n) is 10.3. The van der Waals surface area contributed by atoms with Gasteiger partial charge in [0, 0.05) is 4.88 Å². The number of carbonyl (C=O) groups is 1. The Hall–Kier alpha value is -1.63. The Morgan fingerprint density at radius 1 is 1.41 bits per heavy atom. The van der Waals surface area contributed by atoms with Crippen LogP contribution in [0.4, 0.5) is 5.13 Å². The van der Waals surface area contributed by atoms with Crippen molar-refractivity contribution in [3.63, 3.8) is 0 Å². The highest BCUT2D eigenvalue weighted by Crippen LogP contribution is 2.35. The summed E-state index contributed by atoms with van der Waals surface area (Å²) in [4.78, 5) is 20.3. The molecule has 0 spiro atoms. The van der Waals surface area contributed by atoms with Gasteiger partial charge in [-0.3, -0.25) is 0 Å². The van der Waals surface area contributed by atoms with E-state index in [1.54, 1.807) is 0 Å². The van der Waals surface area contributed by atoms with Crippen LogP contribution in [-0.2, 0) is 10.2 Å². The standard InChI is InChI=1S/C10H16N4O2S/c1-10(2,3)6-5(7(15)16-4)13-9(17-6)14-8(11)12/h1-4H3,(H4,11,12,13,14). The molecule has 0 unspecified atom stereocenters. The van der Waals surface area contributed by atoms with Crippen molar-refractivity contribution in [1.82, 2.24) is 4.98 Å². The molecule has 94 valence electrons. The van der Waals surface area contributed by atoms with Gasteiger partial charge >= 0.3 is 5.97 Å². The monoisotopic (exact) mass is 256 g/mol. The summed E-state index contributed by atoms with van der Waals surface area (Å²) in [6, 6.07) is 0. The molecule has 0 aliphatic heterocycles. The number of aromatic nitrogens is 1. The van der Waals surface area contributed by atoms with E-state index in [4.69, 9.17) is 11.5 Å². The van der Waals surface area contributed by atoms with E-state index in [1.807, 2.05) is 20.8 Å². The highest BCUT2D eigenvalue weighted by molar-refractivity contribution is 7.15. The van der Waals surface area contributed by atoms with Crippen molar-refractivity contribution in [2.24, 2.45) is 16.5 Å². The Morgan fingerprint density at radius 2 is 2.00 bits per heavy atom. The summed E-state index contributed by atoms with van der Waals surface area (Å²) < 4.78 is 4.68. The predicted octanol–water partition coefficient (Wildman–Crippen LogP) is 1.13. The number of rotatable bonds is 2. The van der Waals surface area contributed by atoms with E-state index in [0.717, 1.165) is 4.88 Å². The maximum Gasteiger partial charge on any atom is 0.357 e. The lowest BCUT2D eigenvalue weighted by Crippen LogP contribution is -2.21. The van der Waals surface area contributed by atoms with E-state index in [0.29, 0.717) is 5.13 Å². The van der Waals surface area contributed by atoms with Crippen LogP contribution < -0.4 is 11.5 Å². The SMILES string of the molecule is COC(=O)c1nc(N=C(N)N)sc1C(C)(C)C. The Morgan fingerprint density at radius 3 is 2.41 bits per heavy atom. The summed E-state index contributed by atoms with van der Waals surface area (Å²) >= 11 is 1.28. The minimum Gasteiger partial charge on any atom is -0.464 e. The maximum absolute atomic E-state index is 11.6. The zero-order valence-corrected chi connectivity index (χ0v) is 11.1. The fraction of sp³-hybridized carbons (Fsp3) is 0.500. The number of nitrogens with two attached hydrogens (primary N) is 2. The molecule has 0 aliphatic carbocycles. The number of thiazole rings is 1. The lowest BCUT2D eigenvalue weighted by molar-refractivity contribution is 0.0592. The number of methoxy groups -OCH3 is 1. The van der Waals surface area contributed by atoms with E-state index < -0.39 is 5.97 Å². The molecule has 0 saturated heterocycles. The normalized spacial score (nSPS) is 11.1. The van der Waals surface area contributed by atoms with E-state index in [1.165, 1.54) is 18.4 Å². The second kappa shape index (κ2) is 4.70. The van der Waals surface area contributed by atoms with Gasteiger partial charge in [-0.2, -0.15) is 4.99 Å². The number of ether oxygens (including phenoxy) is 1. The molecule has 0 radical (unpaired) electrons. The molecule has 0 atom stereocenters. The third-order valence-corrected chi connectivity index (χ3v) is 3.28. The molecule has 0 aliphatic rings. The number of hydrogen-bond acceptors (Lipinski definition) is 5. The number of guanidine groups is 1. The van der Waals surface area contributed by atoms with Crippen molar-refractivity contribution in [2.75, 3.05) is 7.11 Å². The van der Waals surface area contributed by atoms with Gasteiger partial charge in [0.15, 0.2) is 11.7 Å². The van der Waals surface area contributed by atoms with E-state index >= 15 is 0 Å². The van der Waals surface area contributed by atoms with Gasteiger partial charge in [-0.05, 0) is 5.41 Å². The summed E-state index contributed by atoms with van der Waals surface area (Å²) in [6.07, 6.45) is 0. The molecule has 6 nitrogen and oxygen atoms in total. The lowest BCUT2D eigenvalue weighted by Gasteiger charge is -2.16. The molecule has 0 fully saturated rings. The molecule has 0 aromatic carbocycles. The molecule has 4 N–H and O–H groups in total. The smallest absolute Gasteiger partial charge is 0.357 e. The van der Waals surface area contributed by atoms with Crippen LogP contribution in [-0.4, -0.2) is 24.0 Å². The minimum absolute atomic E-state index is 0.0874. The molecule has 1 rings (SSSR count). The summed E-state index contributed by atoms with van der Waals surface area (Å²) in [7, 11) is 1.31. The van der Waals surface area contributed by atoms with Crippen LogP contribution in [0, 0.1) is 0 Å². The first-order valence-corrected chi connectivity index (χ1v) is 5.76. The van der Waals surface area contributed by atoms with Gasteiger partial charge in [-0.25, -0.2) is 9.78 Å². The Labute approximate surface area is 104 Å². The van der Waals surface area contributed by atoms with E-state index in [2.05, 4.69) is 14.7 Å². The number of nitrogens with zero attached hydrogens (tertiary/aromatic N) is 2. The number of aliphatic imine (C=N–C) groups is 1. The first-order valence-electron chi connectivity index (χ1n) is 4.95. The van der Waals surface area contributed by atoms with Crippen molar-refractivity contribution in [2.45, 2.75) is 26.2 Å². The number of carbonyl (C=O) groups excluding carboxylic acids is 1. The van der Waals surface area contributed by atoms with Crippen molar-refractivity contribution >= 4 is 28.4 Å². The first kappa shape index (κ1) is 13.4. The molecular formula is C10H16N4O2S. The molecule has 7 heteroatoms. The van der Waals surface area contributed by atoms with E-state index in [-0.39, 0.29) is 17.1 Å². The first-order chi connectivity index (χ1) is 7.75. The zero-order chi connectivity index (χ0) is 13.2. The second-order valence-electron chi connectivity index (χ2n) is 4.45. The highest BCUT2D eigenvalue weighted by atomic mass is 32.1. The number of esters is 1. The highest BCUT2D eigenvalue weighted by Gasteiger charge is 2.27. The van der Waals surface area contributed by atoms with Crippen molar-refractivity contribution < 1.29 is 9.53 Å². The van der Waals surface area contributed by atoms with Gasteiger partial charge < -0.3 is 16.2 Å². The minimum atomic E-state index is -0.483. The van der Waals surface area contributed by atoms with Gasteiger partial charge in [0.2, 0.25) is 5.13 Å². The Kier molecular flexibility index (Phi) is 3.72. The molecule has 17 heavy (non-hydrogen) atoms. The molecule has 1 aromatic rings. The van der Waals surface area contributed by atoms with Gasteiger partial charge in [-0.15, -0.1) is 0 Å². The molecule has 0 bridgehead atoms. The molecular weight excluding hydrogens is 240 g/mol.